The van der Waals surface area contributed by atoms with E-state index < -0.39 is 27.7 Å². The lowest BCUT2D eigenvalue weighted by Crippen LogP contribution is -2.25. The monoisotopic (exact) mass is 420 g/mol. The van der Waals surface area contributed by atoms with Gasteiger partial charge in [-0.15, -0.1) is 0 Å². The summed E-state index contributed by atoms with van der Waals surface area (Å²) in [7, 11) is -3.97. The molecule has 0 spiro atoms. The zero-order valence-electron chi connectivity index (χ0n) is 15.9. The SMILES string of the molecule is CC(OC(=O)c1ccc2c(c1)S(=O)(=O)c1ccccc1C2=O)C(=O)c1ccccc1. The molecule has 3 aromatic rings. The highest BCUT2D eigenvalue weighted by molar-refractivity contribution is 7.91. The van der Waals surface area contributed by atoms with Gasteiger partial charge in [-0.25, -0.2) is 13.2 Å². The molecule has 4 rings (SSSR count). The van der Waals surface area contributed by atoms with Crippen LogP contribution in [0.4, 0.5) is 0 Å². The minimum Gasteiger partial charge on any atom is -0.451 e. The number of carbonyl (C=O) groups is 3. The van der Waals surface area contributed by atoms with Crippen LogP contribution in [0.5, 0.6) is 0 Å². The van der Waals surface area contributed by atoms with Crippen LogP contribution in [0.1, 0.15) is 43.6 Å². The molecule has 1 atom stereocenters. The van der Waals surface area contributed by atoms with Gasteiger partial charge in [-0.05, 0) is 37.3 Å². The second-order valence-corrected chi connectivity index (χ2v) is 8.70. The van der Waals surface area contributed by atoms with Crippen LogP contribution < -0.4 is 0 Å². The van der Waals surface area contributed by atoms with E-state index in [4.69, 9.17) is 4.74 Å². The molecule has 150 valence electrons. The smallest absolute Gasteiger partial charge is 0.338 e. The maximum Gasteiger partial charge on any atom is 0.338 e. The molecule has 30 heavy (non-hydrogen) atoms. The highest BCUT2D eigenvalue weighted by Crippen LogP contribution is 2.34. The van der Waals surface area contributed by atoms with E-state index in [0.29, 0.717) is 5.56 Å². The van der Waals surface area contributed by atoms with Crippen molar-refractivity contribution in [1.29, 1.82) is 0 Å². The fourth-order valence-electron chi connectivity index (χ4n) is 3.33. The van der Waals surface area contributed by atoms with Crippen LogP contribution in [0.2, 0.25) is 0 Å². The van der Waals surface area contributed by atoms with E-state index in [2.05, 4.69) is 0 Å². The van der Waals surface area contributed by atoms with Gasteiger partial charge in [-0.2, -0.15) is 0 Å². The van der Waals surface area contributed by atoms with Crippen molar-refractivity contribution < 1.29 is 27.5 Å². The first-order valence-corrected chi connectivity index (χ1v) is 10.6. The Balaban J connectivity index is 1.65. The van der Waals surface area contributed by atoms with Gasteiger partial charge in [-0.1, -0.05) is 42.5 Å². The first kappa shape index (κ1) is 19.7. The van der Waals surface area contributed by atoms with E-state index in [-0.39, 0.29) is 32.3 Å². The number of benzene rings is 3. The lowest BCUT2D eigenvalue weighted by Gasteiger charge is -2.19. The van der Waals surface area contributed by atoms with Gasteiger partial charge in [0.15, 0.2) is 11.9 Å². The molecule has 0 saturated carbocycles. The van der Waals surface area contributed by atoms with Crippen molar-refractivity contribution in [3.8, 4) is 0 Å². The number of rotatable bonds is 4. The van der Waals surface area contributed by atoms with Gasteiger partial charge in [0.25, 0.3) is 0 Å². The molecule has 1 unspecified atom stereocenters. The summed E-state index contributed by atoms with van der Waals surface area (Å²) in [5.41, 5.74) is 0.436. The van der Waals surface area contributed by atoms with Crippen molar-refractivity contribution in [2.24, 2.45) is 0 Å². The van der Waals surface area contributed by atoms with Crippen LogP contribution in [0, 0.1) is 0 Å². The minimum absolute atomic E-state index is 0.00124. The third kappa shape index (κ3) is 3.23. The van der Waals surface area contributed by atoms with Crippen LogP contribution in [-0.4, -0.2) is 32.1 Å². The van der Waals surface area contributed by atoms with Gasteiger partial charge in [0, 0.05) is 16.7 Å². The van der Waals surface area contributed by atoms with Crippen LogP contribution in [0.15, 0.2) is 82.6 Å². The van der Waals surface area contributed by atoms with Gasteiger partial charge in [0.1, 0.15) is 0 Å². The number of carbonyl (C=O) groups excluding carboxylic acids is 3. The highest BCUT2D eigenvalue weighted by Gasteiger charge is 2.35. The highest BCUT2D eigenvalue weighted by atomic mass is 32.2. The Morgan fingerprint density at radius 1 is 0.800 bits per heavy atom. The molecule has 7 heteroatoms. The fourth-order valence-corrected chi connectivity index (χ4v) is 5.01. The topological polar surface area (TPSA) is 94.6 Å². The van der Waals surface area contributed by atoms with E-state index in [1.54, 1.807) is 36.4 Å². The molecule has 0 fully saturated rings. The number of ether oxygens (including phenoxy) is 1. The van der Waals surface area contributed by atoms with Crippen molar-refractivity contribution in [2.75, 3.05) is 0 Å². The number of ketones is 2. The van der Waals surface area contributed by atoms with E-state index in [1.165, 1.54) is 37.3 Å². The zero-order valence-corrected chi connectivity index (χ0v) is 16.7. The maximum atomic E-state index is 13.0. The Morgan fingerprint density at radius 2 is 1.43 bits per heavy atom. The van der Waals surface area contributed by atoms with Crippen molar-refractivity contribution in [3.05, 3.63) is 95.1 Å². The predicted octanol–water partition coefficient (Wildman–Crippen LogP) is 3.49. The molecular formula is C23H16O6S. The van der Waals surface area contributed by atoms with Gasteiger partial charge in [0.2, 0.25) is 15.6 Å². The lowest BCUT2D eigenvalue weighted by atomic mass is 10.0. The average Bonchev–Trinajstić information content (AvgIpc) is 2.77. The summed E-state index contributed by atoms with van der Waals surface area (Å²) in [6, 6.07) is 18.1. The van der Waals surface area contributed by atoms with Gasteiger partial charge in [-0.3, -0.25) is 9.59 Å². The standard InChI is InChI=1S/C23H16O6S/c1-14(21(24)15-7-3-2-4-8-15)29-23(26)16-11-12-18-20(13-16)30(27,28)19-10-6-5-9-17(19)22(18)25/h2-14H,1H3. The molecule has 0 saturated heterocycles. The fraction of sp³-hybridized carbons (Fsp3) is 0.0870. The summed E-state index contributed by atoms with van der Waals surface area (Å²) in [5.74, 6) is -1.65. The largest absolute Gasteiger partial charge is 0.451 e. The molecule has 1 aliphatic heterocycles. The quantitative estimate of drug-likeness (QED) is 0.371. The third-order valence-corrected chi connectivity index (χ3v) is 6.74. The number of esters is 1. The van der Waals surface area contributed by atoms with E-state index in [9.17, 15) is 22.8 Å². The van der Waals surface area contributed by atoms with Crippen LogP contribution in [0.3, 0.4) is 0 Å². The second kappa shape index (κ2) is 7.35. The van der Waals surface area contributed by atoms with Crippen LogP contribution in [0.25, 0.3) is 0 Å². The molecule has 0 N–H and O–H groups in total. The van der Waals surface area contributed by atoms with Crippen molar-refractivity contribution in [1.82, 2.24) is 0 Å². The molecule has 6 nitrogen and oxygen atoms in total. The van der Waals surface area contributed by atoms with Crippen LogP contribution >= 0.6 is 0 Å². The molecular weight excluding hydrogens is 404 g/mol. The van der Waals surface area contributed by atoms with Crippen molar-refractivity contribution in [2.45, 2.75) is 22.8 Å². The maximum absolute atomic E-state index is 13.0. The normalized spacial score (nSPS) is 14.9. The number of sulfone groups is 1. The molecule has 1 aliphatic rings. The second-order valence-electron chi connectivity index (χ2n) is 6.82. The first-order valence-electron chi connectivity index (χ1n) is 9.14. The van der Waals surface area contributed by atoms with Gasteiger partial charge >= 0.3 is 5.97 Å². The number of hydrogen-bond donors (Lipinski definition) is 0. The summed E-state index contributed by atoms with van der Waals surface area (Å²) < 4.78 is 31.2. The summed E-state index contributed by atoms with van der Waals surface area (Å²) >= 11 is 0. The van der Waals surface area contributed by atoms with E-state index in [1.807, 2.05) is 0 Å². The summed E-state index contributed by atoms with van der Waals surface area (Å²) in [4.78, 5) is 37.3. The molecule has 0 radical (unpaired) electrons. The number of Topliss-reactive ketones (excluding diaryl/α,β-unsaturated/α-hetero) is 1. The Bertz CT molecular complexity index is 1290. The minimum atomic E-state index is -3.97. The zero-order chi connectivity index (χ0) is 21.5. The summed E-state index contributed by atoms with van der Waals surface area (Å²) in [6.45, 7) is 1.45. The Kier molecular flexibility index (Phi) is 4.83. The van der Waals surface area contributed by atoms with Gasteiger partial charge < -0.3 is 4.74 Å². The molecule has 0 aromatic heterocycles. The van der Waals surface area contributed by atoms with Crippen LogP contribution in [-0.2, 0) is 14.6 Å². The molecule has 0 bridgehead atoms. The number of fused-ring (bicyclic) bond motifs is 2. The van der Waals surface area contributed by atoms with Gasteiger partial charge in [0.05, 0.1) is 15.4 Å². The Hall–Kier alpha value is -3.58. The number of hydrogen-bond acceptors (Lipinski definition) is 6. The molecule has 0 aliphatic carbocycles. The van der Waals surface area contributed by atoms with E-state index in [0.717, 1.165) is 6.07 Å². The Labute approximate surface area is 173 Å². The molecule has 1 heterocycles. The molecule has 3 aromatic carbocycles. The third-order valence-electron chi connectivity index (χ3n) is 4.88. The summed E-state index contributed by atoms with van der Waals surface area (Å²) in [6.07, 6.45) is -1.06. The summed E-state index contributed by atoms with van der Waals surface area (Å²) in [5, 5.41) is 0. The molecule has 0 amide bonds. The first-order chi connectivity index (χ1) is 14.3. The Morgan fingerprint density at radius 3 is 2.17 bits per heavy atom. The van der Waals surface area contributed by atoms with Crippen molar-refractivity contribution >= 4 is 27.4 Å². The van der Waals surface area contributed by atoms with Crippen molar-refractivity contribution in [3.63, 3.8) is 0 Å². The average molecular weight is 420 g/mol. The lowest BCUT2D eigenvalue weighted by molar-refractivity contribution is 0.0318. The predicted molar refractivity (Wildman–Crippen MR) is 107 cm³/mol. The van der Waals surface area contributed by atoms with E-state index >= 15 is 0 Å².